The van der Waals surface area contributed by atoms with Crippen LogP contribution in [-0.2, 0) is 0 Å². The van der Waals surface area contributed by atoms with Crippen molar-refractivity contribution in [1.82, 2.24) is 10.3 Å². The molecule has 0 unspecified atom stereocenters. The highest BCUT2D eigenvalue weighted by Crippen LogP contribution is 2.35. The third-order valence-electron chi connectivity index (χ3n) is 4.27. The average Bonchev–Trinajstić information content (AvgIpc) is 3.35. The van der Waals surface area contributed by atoms with Crippen LogP contribution in [0.3, 0.4) is 0 Å². The summed E-state index contributed by atoms with van der Waals surface area (Å²) in [4.78, 5) is 15.3. The summed E-state index contributed by atoms with van der Waals surface area (Å²) in [6.45, 7) is 0.821. The van der Waals surface area contributed by atoms with Crippen LogP contribution in [0.1, 0.15) is 23.2 Å². The first kappa shape index (κ1) is 21.5. The summed E-state index contributed by atoms with van der Waals surface area (Å²) in [5.41, 5.74) is 2.73. The molecule has 0 amide bonds. The van der Waals surface area contributed by atoms with E-state index in [1.165, 1.54) is 0 Å². The molecule has 1 fully saturated rings. The number of aromatic carboxylic acids is 1. The van der Waals surface area contributed by atoms with E-state index in [1.54, 1.807) is 24.4 Å². The van der Waals surface area contributed by atoms with Gasteiger partial charge in [-0.25, -0.2) is 9.78 Å². The summed E-state index contributed by atoms with van der Waals surface area (Å²) in [7, 11) is 1.97. The van der Waals surface area contributed by atoms with Crippen LogP contribution < -0.4 is 10.6 Å². The van der Waals surface area contributed by atoms with E-state index in [9.17, 15) is 4.79 Å². The minimum absolute atomic E-state index is 0. The highest BCUT2D eigenvalue weighted by molar-refractivity contribution is 6.32. The molecule has 2 aromatic rings. The third kappa shape index (κ3) is 4.98. The van der Waals surface area contributed by atoms with Crippen LogP contribution in [-0.4, -0.2) is 35.2 Å². The fourth-order valence-electron chi connectivity index (χ4n) is 2.50. The first-order valence-electron chi connectivity index (χ1n) is 7.45. The Labute approximate surface area is 164 Å². The minimum atomic E-state index is -0.963. The van der Waals surface area contributed by atoms with E-state index in [0.717, 1.165) is 30.6 Å². The Morgan fingerprint density at radius 1 is 1.32 bits per heavy atom. The number of nitrogens with zero attached hydrogens (tertiary/aromatic N) is 1. The van der Waals surface area contributed by atoms with Crippen LogP contribution >= 0.6 is 36.4 Å². The lowest BCUT2D eigenvalue weighted by atomic mass is 10.0. The molecular weight excluding hydrogens is 385 g/mol. The molecule has 0 spiro atoms. The van der Waals surface area contributed by atoms with Crippen LogP contribution in [0.5, 0.6) is 0 Å². The van der Waals surface area contributed by atoms with Crippen LogP contribution in [0.25, 0.3) is 11.1 Å². The van der Waals surface area contributed by atoms with Gasteiger partial charge in [0.15, 0.2) is 0 Å². The number of likely N-dealkylation sites (N-methyl/N-ethyl adjacent to an activating group) is 1. The summed E-state index contributed by atoms with van der Waals surface area (Å²) < 4.78 is 0. The second-order valence-corrected chi connectivity index (χ2v) is 6.19. The Kier molecular flexibility index (Phi) is 7.50. The monoisotopic (exact) mass is 403 g/mol. The van der Waals surface area contributed by atoms with Gasteiger partial charge in [-0.3, -0.25) is 0 Å². The van der Waals surface area contributed by atoms with E-state index in [0.29, 0.717) is 10.7 Å². The number of aromatic nitrogens is 1. The Balaban J connectivity index is 0.00000156. The SMILES string of the molecule is CNC1(CNc2cnc(Cl)c(-c3cccc(C(=O)O)c3)c2)CC1.Cl.Cl. The number of benzene rings is 1. The van der Waals surface area contributed by atoms with E-state index in [-0.39, 0.29) is 35.9 Å². The predicted molar refractivity (Wildman–Crippen MR) is 106 cm³/mol. The number of pyridine rings is 1. The van der Waals surface area contributed by atoms with Crippen molar-refractivity contribution >= 4 is 48.1 Å². The van der Waals surface area contributed by atoms with Gasteiger partial charge in [-0.2, -0.15) is 0 Å². The number of carbonyl (C=O) groups is 1. The fourth-order valence-corrected chi connectivity index (χ4v) is 2.72. The van der Waals surface area contributed by atoms with Gasteiger partial charge in [-0.1, -0.05) is 23.7 Å². The van der Waals surface area contributed by atoms with E-state index >= 15 is 0 Å². The van der Waals surface area contributed by atoms with Crippen molar-refractivity contribution in [3.63, 3.8) is 0 Å². The van der Waals surface area contributed by atoms with E-state index < -0.39 is 5.97 Å². The smallest absolute Gasteiger partial charge is 0.335 e. The molecule has 5 nitrogen and oxygen atoms in total. The molecule has 1 heterocycles. The molecule has 8 heteroatoms. The average molecular weight is 405 g/mol. The molecule has 0 radical (unpaired) electrons. The highest BCUT2D eigenvalue weighted by Gasteiger charge is 2.40. The Hall–Kier alpha value is -1.53. The predicted octanol–water partition coefficient (Wildman–Crippen LogP) is 4.11. The maximum atomic E-state index is 11.1. The van der Waals surface area contributed by atoms with Gasteiger partial charge in [0.05, 0.1) is 17.4 Å². The minimum Gasteiger partial charge on any atom is -0.478 e. The second kappa shape index (κ2) is 8.72. The van der Waals surface area contributed by atoms with Gasteiger partial charge in [-0.15, -0.1) is 24.8 Å². The molecular formula is C17H20Cl3N3O2. The largest absolute Gasteiger partial charge is 0.478 e. The lowest BCUT2D eigenvalue weighted by Crippen LogP contribution is -2.34. The zero-order valence-corrected chi connectivity index (χ0v) is 16.0. The molecule has 136 valence electrons. The first-order chi connectivity index (χ1) is 11.0. The lowest BCUT2D eigenvalue weighted by molar-refractivity contribution is 0.0697. The molecule has 1 aromatic heterocycles. The lowest BCUT2D eigenvalue weighted by Gasteiger charge is -2.16. The standard InChI is InChI=1S/C17H18ClN3O2.2ClH/c1-19-17(5-6-17)10-21-13-8-14(15(18)20-9-13)11-3-2-4-12(7-11)16(22)23;;/h2-4,7-9,19,21H,5-6,10H2,1H3,(H,22,23);2*1H. The van der Waals surface area contributed by atoms with Crippen LogP contribution in [0.4, 0.5) is 5.69 Å². The van der Waals surface area contributed by atoms with Gasteiger partial charge in [0, 0.05) is 17.6 Å². The summed E-state index contributed by atoms with van der Waals surface area (Å²) in [6, 6.07) is 8.59. The number of halogens is 3. The molecule has 0 aliphatic heterocycles. The first-order valence-corrected chi connectivity index (χ1v) is 7.83. The quantitative estimate of drug-likeness (QED) is 0.632. The van der Waals surface area contributed by atoms with Gasteiger partial charge in [0.25, 0.3) is 0 Å². The van der Waals surface area contributed by atoms with Crippen molar-refractivity contribution < 1.29 is 9.90 Å². The highest BCUT2D eigenvalue weighted by atomic mass is 35.5. The van der Waals surface area contributed by atoms with Crippen molar-refractivity contribution in [3.05, 3.63) is 47.2 Å². The summed E-state index contributed by atoms with van der Waals surface area (Å²) >= 11 is 6.19. The molecule has 0 atom stereocenters. The molecule has 1 aromatic carbocycles. The number of hydrogen-bond acceptors (Lipinski definition) is 4. The Morgan fingerprint density at radius 2 is 2.04 bits per heavy atom. The van der Waals surface area contributed by atoms with Crippen molar-refractivity contribution in [3.8, 4) is 11.1 Å². The van der Waals surface area contributed by atoms with Crippen LogP contribution in [0.2, 0.25) is 5.15 Å². The van der Waals surface area contributed by atoms with Crippen LogP contribution in [0, 0.1) is 0 Å². The summed E-state index contributed by atoms with van der Waals surface area (Å²) in [6.07, 6.45) is 4.01. The van der Waals surface area contributed by atoms with E-state index in [1.807, 2.05) is 19.2 Å². The molecule has 0 bridgehead atoms. The van der Waals surface area contributed by atoms with Crippen molar-refractivity contribution in [1.29, 1.82) is 0 Å². The van der Waals surface area contributed by atoms with E-state index in [4.69, 9.17) is 16.7 Å². The van der Waals surface area contributed by atoms with E-state index in [2.05, 4.69) is 15.6 Å². The van der Waals surface area contributed by atoms with Crippen LogP contribution in [0.15, 0.2) is 36.5 Å². The Morgan fingerprint density at radius 3 is 2.64 bits per heavy atom. The van der Waals surface area contributed by atoms with Gasteiger partial charge < -0.3 is 15.7 Å². The van der Waals surface area contributed by atoms with Gasteiger partial charge in [0.1, 0.15) is 5.15 Å². The van der Waals surface area contributed by atoms with Crippen molar-refractivity contribution in [2.75, 3.05) is 18.9 Å². The third-order valence-corrected chi connectivity index (χ3v) is 4.58. The number of rotatable bonds is 6. The number of anilines is 1. The zero-order chi connectivity index (χ0) is 16.4. The molecule has 25 heavy (non-hydrogen) atoms. The maximum absolute atomic E-state index is 11.1. The molecule has 3 N–H and O–H groups in total. The van der Waals surface area contributed by atoms with Crippen molar-refractivity contribution in [2.45, 2.75) is 18.4 Å². The molecule has 1 aliphatic carbocycles. The maximum Gasteiger partial charge on any atom is 0.335 e. The van der Waals surface area contributed by atoms with Gasteiger partial charge in [0.2, 0.25) is 0 Å². The fraction of sp³-hybridized carbons (Fsp3) is 0.294. The second-order valence-electron chi connectivity index (χ2n) is 5.83. The van der Waals surface area contributed by atoms with Crippen molar-refractivity contribution in [2.24, 2.45) is 0 Å². The number of hydrogen-bond donors (Lipinski definition) is 3. The van der Waals surface area contributed by atoms with Gasteiger partial charge in [-0.05, 0) is 43.7 Å². The normalized spacial score (nSPS) is 14.0. The Bertz CT molecular complexity index is 752. The summed E-state index contributed by atoms with van der Waals surface area (Å²) in [5.74, 6) is -0.963. The topological polar surface area (TPSA) is 74.2 Å². The van der Waals surface area contributed by atoms with Gasteiger partial charge >= 0.3 is 5.97 Å². The molecule has 3 rings (SSSR count). The number of carboxylic acid groups (broad SMARTS) is 1. The molecule has 1 saturated carbocycles. The molecule has 0 saturated heterocycles. The summed E-state index contributed by atoms with van der Waals surface area (Å²) in [5, 5.41) is 16.2. The zero-order valence-electron chi connectivity index (χ0n) is 13.6. The number of carboxylic acids is 1. The molecule has 1 aliphatic rings. The number of nitrogens with one attached hydrogen (secondary N) is 2.